The van der Waals surface area contributed by atoms with E-state index in [-0.39, 0.29) is 5.91 Å². The van der Waals surface area contributed by atoms with Crippen molar-refractivity contribution in [3.63, 3.8) is 0 Å². The summed E-state index contributed by atoms with van der Waals surface area (Å²) >= 11 is 1.89. The van der Waals surface area contributed by atoms with Gasteiger partial charge in [0.25, 0.3) is 0 Å². The fourth-order valence-corrected chi connectivity index (χ4v) is 3.54. The first kappa shape index (κ1) is 27.6. The van der Waals surface area contributed by atoms with E-state index in [1.807, 2.05) is 22.6 Å². The van der Waals surface area contributed by atoms with Crippen molar-refractivity contribution in [1.82, 2.24) is 5.32 Å². The number of aliphatic carboxylic acids is 1. The minimum absolute atomic E-state index is 0.0499. The third-order valence-electron chi connectivity index (χ3n) is 5.01. The van der Waals surface area contributed by atoms with Crippen molar-refractivity contribution < 1.29 is 19.8 Å². The topological polar surface area (TPSA) is 86.6 Å². The lowest BCUT2D eigenvalue weighted by atomic mass is 10.0. The first-order valence-corrected chi connectivity index (χ1v) is 12.6. The fourth-order valence-electron chi connectivity index (χ4n) is 3.32. The van der Waals surface area contributed by atoms with Gasteiger partial charge in [0.2, 0.25) is 5.91 Å². The molecule has 0 saturated carbocycles. The summed E-state index contributed by atoms with van der Waals surface area (Å²) in [5.74, 6) is -0.622. The monoisotopic (exact) mass is 511 g/mol. The minimum Gasteiger partial charge on any atom is -0.481 e. The van der Waals surface area contributed by atoms with Crippen LogP contribution in [0.3, 0.4) is 0 Å². The molecule has 0 bridgehead atoms. The molecule has 28 heavy (non-hydrogen) atoms. The lowest BCUT2D eigenvalue weighted by Gasteiger charge is -2.06. The molecular formula is C22H42INO4. The van der Waals surface area contributed by atoms with E-state index in [4.69, 9.17) is 10.2 Å². The van der Waals surface area contributed by atoms with E-state index < -0.39 is 10.1 Å². The third kappa shape index (κ3) is 23.7. The van der Waals surface area contributed by atoms with Crippen LogP contribution in [0, 0.1) is 0 Å². The Morgan fingerprint density at radius 2 is 0.964 bits per heavy atom. The molecule has 166 valence electrons. The number of rotatable bonds is 21. The number of aliphatic hydroxyl groups is 1. The Kier molecular flexibility index (Phi) is 21.1. The molecule has 6 heteroatoms. The van der Waals surface area contributed by atoms with Crippen molar-refractivity contribution in [2.75, 3.05) is 6.54 Å². The second-order valence-corrected chi connectivity index (χ2v) is 9.23. The van der Waals surface area contributed by atoms with Crippen LogP contribution in [0.25, 0.3) is 0 Å². The summed E-state index contributed by atoms with van der Waals surface area (Å²) < 4.78 is -0.497. The highest BCUT2D eigenvalue weighted by Crippen LogP contribution is 2.14. The zero-order chi connectivity index (χ0) is 20.9. The quantitative estimate of drug-likeness (QED) is 0.101. The van der Waals surface area contributed by atoms with Crippen molar-refractivity contribution in [3.8, 4) is 0 Å². The number of nitrogens with one attached hydrogen (secondary N) is 1. The number of alkyl halides is 1. The molecule has 1 atom stereocenters. The molecule has 0 spiro atoms. The second-order valence-electron chi connectivity index (χ2n) is 7.79. The van der Waals surface area contributed by atoms with Crippen molar-refractivity contribution >= 4 is 34.5 Å². The molecule has 3 N–H and O–H groups in total. The van der Waals surface area contributed by atoms with Crippen LogP contribution < -0.4 is 5.32 Å². The van der Waals surface area contributed by atoms with Gasteiger partial charge in [0.1, 0.15) is 4.11 Å². The summed E-state index contributed by atoms with van der Waals surface area (Å²) in [4.78, 5) is 21.9. The van der Waals surface area contributed by atoms with Gasteiger partial charge in [0.15, 0.2) is 0 Å². The maximum atomic E-state index is 11.5. The minimum atomic E-state index is -0.672. The average molecular weight is 511 g/mol. The van der Waals surface area contributed by atoms with E-state index in [0.717, 1.165) is 25.7 Å². The maximum absolute atomic E-state index is 11.5. The molecule has 0 aromatic rings. The standard InChI is InChI=1S/C22H42INO4/c23-20(25)19-24-21(26)17-15-13-11-9-7-5-3-1-2-4-6-8-10-12-14-16-18-22(27)28/h20,25H,1-19H2,(H,24,26)(H,27,28). The summed E-state index contributed by atoms with van der Waals surface area (Å²) in [5.41, 5.74) is 0. The number of carbonyl (C=O) groups excluding carboxylic acids is 1. The summed E-state index contributed by atoms with van der Waals surface area (Å²) in [7, 11) is 0. The molecule has 1 amide bonds. The molecule has 5 nitrogen and oxygen atoms in total. The molecule has 0 aromatic heterocycles. The molecule has 0 radical (unpaired) electrons. The molecule has 1 unspecified atom stereocenters. The van der Waals surface area contributed by atoms with E-state index in [1.165, 1.54) is 77.0 Å². The number of hydrogen-bond donors (Lipinski definition) is 3. The van der Waals surface area contributed by atoms with Gasteiger partial charge >= 0.3 is 5.97 Å². The van der Waals surface area contributed by atoms with Crippen LogP contribution in [0.5, 0.6) is 0 Å². The summed E-state index contributed by atoms with van der Waals surface area (Å²) in [6.07, 6.45) is 20.4. The van der Waals surface area contributed by atoms with Crippen LogP contribution in [0.15, 0.2) is 0 Å². The van der Waals surface area contributed by atoms with Gasteiger partial charge in [-0.05, 0) is 35.4 Å². The van der Waals surface area contributed by atoms with Gasteiger partial charge < -0.3 is 15.5 Å². The SMILES string of the molecule is O=C(O)CCCCCCCCCCCCCCCCCCC(=O)NCC(O)I. The number of hydrogen-bond acceptors (Lipinski definition) is 3. The van der Waals surface area contributed by atoms with Crippen molar-refractivity contribution in [2.45, 2.75) is 120 Å². The second kappa shape index (κ2) is 21.3. The Morgan fingerprint density at radius 3 is 1.29 bits per heavy atom. The first-order valence-electron chi connectivity index (χ1n) is 11.3. The largest absolute Gasteiger partial charge is 0.481 e. The van der Waals surface area contributed by atoms with E-state index in [1.54, 1.807) is 0 Å². The van der Waals surface area contributed by atoms with Crippen LogP contribution in [0.1, 0.15) is 116 Å². The lowest BCUT2D eigenvalue weighted by Crippen LogP contribution is -2.28. The number of carboxylic acid groups (broad SMARTS) is 1. The molecule has 0 heterocycles. The van der Waals surface area contributed by atoms with Crippen LogP contribution >= 0.6 is 22.6 Å². The molecule has 0 fully saturated rings. The Hall–Kier alpha value is -0.370. The maximum Gasteiger partial charge on any atom is 0.303 e. The lowest BCUT2D eigenvalue weighted by molar-refractivity contribution is -0.137. The highest BCUT2D eigenvalue weighted by Gasteiger charge is 2.03. The highest BCUT2D eigenvalue weighted by atomic mass is 127. The Labute approximate surface area is 185 Å². The predicted octanol–water partition coefficient (Wildman–Crippen LogP) is 5.96. The Bertz CT molecular complexity index is 378. The van der Waals surface area contributed by atoms with Crippen LogP contribution in [0.4, 0.5) is 0 Å². The Morgan fingerprint density at radius 1 is 0.643 bits per heavy atom. The Balaban J connectivity index is 3.10. The van der Waals surface area contributed by atoms with Gasteiger partial charge in [-0.3, -0.25) is 9.59 Å². The van der Waals surface area contributed by atoms with Gasteiger partial charge in [-0.15, -0.1) is 0 Å². The van der Waals surface area contributed by atoms with Crippen LogP contribution in [0.2, 0.25) is 0 Å². The van der Waals surface area contributed by atoms with Gasteiger partial charge in [-0.2, -0.15) is 0 Å². The first-order chi connectivity index (χ1) is 13.5. The van der Waals surface area contributed by atoms with Crippen molar-refractivity contribution in [2.24, 2.45) is 0 Å². The van der Waals surface area contributed by atoms with Crippen LogP contribution in [-0.4, -0.2) is 32.7 Å². The van der Waals surface area contributed by atoms with E-state index in [9.17, 15) is 9.59 Å². The molecule has 0 aliphatic rings. The van der Waals surface area contributed by atoms with E-state index in [2.05, 4.69) is 5.32 Å². The normalized spacial score (nSPS) is 12.1. The van der Waals surface area contributed by atoms with Gasteiger partial charge in [0, 0.05) is 12.8 Å². The fraction of sp³-hybridized carbons (Fsp3) is 0.909. The number of amides is 1. The zero-order valence-electron chi connectivity index (χ0n) is 17.6. The molecule has 0 saturated heterocycles. The molecule has 0 rings (SSSR count). The van der Waals surface area contributed by atoms with Gasteiger partial charge in [-0.1, -0.05) is 89.9 Å². The number of aliphatic hydroxyl groups excluding tert-OH is 1. The summed E-state index contributed by atoms with van der Waals surface area (Å²) in [6.45, 7) is 0.341. The average Bonchev–Trinajstić information content (AvgIpc) is 2.65. The number of unbranched alkanes of at least 4 members (excludes halogenated alkanes) is 15. The third-order valence-corrected chi connectivity index (χ3v) is 5.45. The van der Waals surface area contributed by atoms with Crippen LogP contribution in [-0.2, 0) is 9.59 Å². The summed E-state index contributed by atoms with van der Waals surface area (Å²) in [6, 6.07) is 0. The smallest absolute Gasteiger partial charge is 0.303 e. The number of halogens is 1. The van der Waals surface area contributed by atoms with E-state index in [0.29, 0.717) is 19.4 Å². The van der Waals surface area contributed by atoms with Gasteiger partial charge in [0.05, 0.1) is 6.54 Å². The molecular weight excluding hydrogens is 469 g/mol. The zero-order valence-corrected chi connectivity index (χ0v) is 19.8. The molecule has 0 aliphatic carbocycles. The molecule has 0 aromatic carbocycles. The summed E-state index contributed by atoms with van der Waals surface area (Å²) in [5, 5.41) is 20.4. The number of carboxylic acids is 1. The highest BCUT2D eigenvalue weighted by molar-refractivity contribution is 14.1. The molecule has 0 aliphatic heterocycles. The van der Waals surface area contributed by atoms with Crippen molar-refractivity contribution in [1.29, 1.82) is 0 Å². The predicted molar refractivity (Wildman–Crippen MR) is 124 cm³/mol. The number of carbonyl (C=O) groups is 2. The van der Waals surface area contributed by atoms with Crippen molar-refractivity contribution in [3.05, 3.63) is 0 Å². The van der Waals surface area contributed by atoms with Gasteiger partial charge in [-0.25, -0.2) is 0 Å². The van der Waals surface area contributed by atoms with E-state index >= 15 is 0 Å².